The lowest BCUT2D eigenvalue weighted by molar-refractivity contribution is -0.123. The van der Waals surface area contributed by atoms with Gasteiger partial charge in [-0.25, -0.2) is 0 Å². The number of carbonyl (C=O) groups is 2. The molecule has 0 atom stereocenters. The van der Waals surface area contributed by atoms with Crippen molar-refractivity contribution in [2.24, 2.45) is 5.92 Å². The van der Waals surface area contributed by atoms with Crippen LogP contribution in [0, 0.1) is 5.92 Å². The summed E-state index contributed by atoms with van der Waals surface area (Å²) in [5, 5.41) is 0. The molecule has 1 saturated heterocycles. The molecule has 2 aliphatic rings. The Morgan fingerprint density at radius 3 is 2.58 bits per heavy atom. The molecule has 0 bridgehead atoms. The molecule has 24 heavy (non-hydrogen) atoms. The predicted octanol–water partition coefficient (Wildman–Crippen LogP) is 2.72. The number of carbonyl (C=O) groups excluding carboxylic acids is 2. The number of benzene rings is 1. The fourth-order valence-corrected chi connectivity index (χ4v) is 3.69. The maximum atomic E-state index is 12.9. The lowest BCUT2D eigenvalue weighted by atomic mass is 9.95. The first kappa shape index (κ1) is 15.0. The average Bonchev–Trinajstić information content (AvgIpc) is 3.30. The summed E-state index contributed by atoms with van der Waals surface area (Å²) in [5.41, 5.74) is 2.88. The third-order valence-electron chi connectivity index (χ3n) is 5.05. The van der Waals surface area contributed by atoms with Gasteiger partial charge in [0.2, 0.25) is 5.91 Å². The summed E-state index contributed by atoms with van der Waals surface area (Å²) in [7, 11) is 0. The molecule has 0 radical (unpaired) electrons. The van der Waals surface area contributed by atoms with Gasteiger partial charge in [0.05, 0.1) is 11.8 Å². The van der Waals surface area contributed by atoms with Gasteiger partial charge >= 0.3 is 0 Å². The number of hydrogen-bond acceptors (Lipinski definition) is 3. The van der Waals surface area contributed by atoms with Crippen molar-refractivity contribution >= 4 is 17.5 Å². The minimum atomic E-state index is -0.0128. The molecular weight excluding hydrogens is 304 g/mol. The van der Waals surface area contributed by atoms with E-state index in [1.165, 1.54) is 18.1 Å². The zero-order valence-electron chi connectivity index (χ0n) is 13.5. The summed E-state index contributed by atoms with van der Waals surface area (Å²) in [6.07, 6.45) is 5.36. The number of furan rings is 1. The maximum absolute atomic E-state index is 12.9. The Morgan fingerprint density at radius 2 is 1.83 bits per heavy atom. The van der Waals surface area contributed by atoms with E-state index in [9.17, 15) is 9.59 Å². The van der Waals surface area contributed by atoms with Crippen molar-refractivity contribution in [2.75, 3.05) is 24.5 Å². The van der Waals surface area contributed by atoms with Gasteiger partial charge in [0.25, 0.3) is 5.91 Å². The number of para-hydroxylation sites is 1. The predicted molar refractivity (Wildman–Crippen MR) is 89.8 cm³/mol. The SMILES string of the molecule is O=C(c1ccoc1)N1CCC(C(=O)N2CCc3ccccc32)CC1. The van der Waals surface area contributed by atoms with Crippen LogP contribution in [0.4, 0.5) is 5.69 Å². The first-order chi connectivity index (χ1) is 11.7. The van der Waals surface area contributed by atoms with Gasteiger partial charge in [0.1, 0.15) is 6.26 Å². The van der Waals surface area contributed by atoms with E-state index < -0.39 is 0 Å². The molecule has 2 aromatic rings. The lowest BCUT2D eigenvalue weighted by Crippen LogP contribution is -2.44. The molecule has 5 nitrogen and oxygen atoms in total. The first-order valence-corrected chi connectivity index (χ1v) is 8.45. The van der Waals surface area contributed by atoms with Crippen molar-refractivity contribution in [1.82, 2.24) is 4.90 Å². The summed E-state index contributed by atoms with van der Waals surface area (Å²) in [6, 6.07) is 9.80. The topological polar surface area (TPSA) is 53.8 Å². The zero-order valence-corrected chi connectivity index (χ0v) is 13.5. The maximum Gasteiger partial charge on any atom is 0.257 e. The average molecular weight is 324 g/mol. The normalized spacial score (nSPS) is 17.8. The summed E-state index contributed by atoms with van der Waals surface area (Å²) < 4.78 is 4.98. The highest BCUT2D eigenvalue weighted by Crippen LogP contribution is 2.31. The largest absolute Gasteiger partial charge is 0.472 e. The fourth-order valence-electron chi connectivity index (χ4n) is 3.69. The van der Waals surface area contributed by atoms with Crippen molar-refractivity contribution in [3.05, 3.63) is 54.0 Å². The molecule has 124 valence electrons. The number of amides is 2. The molecule has 0 aliphatic carbocycles. The quantitative estimate of drug-likeness (QED) is 0.853. The molecule has 0 N–H and O–H groups in total. The number of hydrogen-bond donors (Lipinski definition) is 0. The van der Waals surface area contributed by atoms with Gasteiger partial charge in [-0.3, -0.25) is 9.59 Å². The standard InChI is InChI=1S/C19H20N2O3/c22-18(16-8-12-24-13-16)20-9-5-15(6-10-20)19(23)21-11-7-14-3-1-2-4-17(14)21/h1-4,8,12-13,15H,5-7,9-11H2. The van der Waals surface area contributed by atoms with Crippen molar-refractivity contribution in [3.63, 3.8) is 0 Å². The third kappa shape index (κ3) is 2.60. The number of rotatable bonds is 2. The second kappa shape index (κ2) is 6.15. The molecule has 0 saturated carbocycles. The Morgan fingerprint density at radius 1 is 1.04 bits per heavy atom. The van der Waals surface area contributed by atoms with Gasteiger partial charge in [0, 0.05) is 31.2 Å². The molecule has 3 heterocycles. The van der Waals surface area contributed by atoms with Crippen LogP contribution in [0.2, 0.25) is 0 Å². The number of anilines is 1. The number of fused-ring (bicyclic) bond motifs is 1. The molecule has 1 aromatic carbocycles. The number of likely N-dealkylation sites (tertiary alicyclic amines) is 1. The highest BCUT2D eigenvalue weighted by Gasteiger charge is 2.33. The Hall–Kier alpha value is -2.56. The molecular formula is C19H20N2O3. The highest BCUT2D eigenvalue weighted by atomic mass is 16.3. The highest BCUT2D eigenvalue weighted by molar-refractivity contribution is 5.97. The van der Waals surface area contributed by atoms with Crippen molar-refractivity contribution in [1.29, 1.82) is 0 Å². The van der Waals surface area contributed by atoms with E-state index in [1.807, 2.05) is 28.0 Å². The number of nitrogens with zero attached hydrogens (tertiary/aromatic N) is 2. The minimum Gasteiger partial charge on any atom is -0.472 e. The van der Waals surface area contributed by atoms with Gasteiger partial charge < -0.3 is 14.2 Å². The van der Waals surface area contributed by atoms with Crippen LogP contribution in [0.3, 0.4) is 0 Å². The van der Waals surface area contributed by atoms with Crippen molar-refractivity contribution in [2.45, 2.75) is 19.3 Å². The van der Waals surface area contributed by atoms with Crippen LogP contribution in [0.5, 0.6) is 0 Å². The van der Waals surface area contributed by atoms with Crippen LogP contribution >= 0.6 is 0 Å². The second-order valence-corrected chi connectivity index (χ2v) is 6.45. The smallest absolute Gasteiger partial charge is 0.257 e. The van der Waals surface area contributed by atoms with E-state index >= 15 is 0 Å². The van der Waals surface area contributed by atoms with E-state index in [0.29, 0.717) is 18.7 Å². The van der Waals surface area contributed by atoms with Crippen molar-refractivity contribution in [3.8, 4) is 0 Å². The monoisotopic (exact) mass is 324 g/mol. The molecule has 0 spiro atoms. The summed E-state index contributed by atoms with van der Waals surface area (Å²) in [5.74, 6) is 0.195. The second-order valence-electron chi connectivity index (χ2n) is 6.45. The Kier molecular flexibility index (Phi) is 3.84. The Balaban J connectivity index is 1.40. The Bertz CT molecular complexity index is 746. The summed E-state index contributed by atoms with van der Waals surface area (Å²) in [6.45, 7) is 2.01. The minimum absolute atomic E-state index is 0.00422. The van der Waals surface area contributed by atoms with Gasteiger partial charge in [0.15, 0.2) is 0 Å². The van der Waals surface area contributed by atoms with Gasteiger partial charge in [-0.15, -0.1) is 0 Å². The van der Waals surface area contributed by atoms with Crippen molar-refractivity contribution < 1.29 is 14.0 Å². The third-order valence-corrected chi connectivity index (χ3v) is 5.05. The Labute approximate surface area is 140 Å². The molecule has 2 aliphatic heterocycles. The van der Waals surface area contributed by atoms with Crippen LogP contribution in [0.25, 0.3) is 0 Å². The lowest BCUT2D eigenvalue weighted by Gasteiger charge is -2.33. The molecule has 2 amide bonds. The fraction of sp³-hybridized carbons (Fsp3) is 0.368. The molecule has 5 heteroatoms. The zero-order chi connectivity index (χ0) is 16.5. The van der Waals surface area contributed by atoms with E-state index in [4.69, 9.17) is 4.42 Å². The van der Waals surface area contributed by atoms with E-state index in [1.54, 1.807) is 6.07 Å². The summed E-state index contributed by atoms with van der Waals surface area (Å²) in [4.78, 5) is 28.9. The van der Waals surface area contributed by atoms with Gasteiger partial charge in [-0.1, -0.05) is 18.2 Å². The van der Waals surface area contributed by atoms with Crippen LogP contribution < -0.4 is 4.90 Å². The van der Waals surface area contributed by atoms with E-state index in [2.05, 4.69) is 6.07 Å². The van der Waals surface area contributed by atoms with Crippen LogP contribution in [0.15, 0.2) is 47.3 Å². The molecule has 1 fully saturated rings. The van der Waals surface area contributed by atoms with Gasteiger partial charge in [-0.05, 0) is 37.0 Å². The number of piperidine rings is 1. The van der Waals surface area contributed by atoms with Gasteiger partial charge in [-0.2, -0.15) is 0 Å². The first-order valence-electron chi connectivity index (χ1n) is 8.45. The summed E-state index contributed by atoms with van der Waals surface area (Å²) >= 11 is 0. The molecule has 4 rings (SSSR count). The molecule has 0 unspecified atom stereocenters. The van der Waals surface area contributed by atoms with Crippen LogP contribution in [-0.2, 0) is 11.2 Å². The van der Waals surface area contributed by atoms with Crippen LogP contribution in [0.1, 0.15) is 28.8 Å². The van der Waals surface area contributed by atoms with E-state index in [0.717, 1.165) is 31.5 Å². The van der Waals surface area contributed by atoms with Crippen LogP contribution in [-0.4, -0.2) is 36.3 Å². The van der Waals surface area contributed by atoms with E-state index in [-0.39, 0.29) is 17.7 Å². The molecule has 1 aromatic heterocycles.